The summed E-state index contributed by atoms with van der Waals surface area (Å²) in [4.78, 5) is 16.2. The Morgan fingerprint density at radius 3 is 2.20 bits per heavy atom. The summed E-state index contributed by atoms with van der Waals surface area (Å²) >= 11 is 0. The van der Waals surface area contributed by atoms with Gasteiger partial charge < -0.3 is 14.9 Å². The molecule has 0 bridgehead atoms. The lowest BCUT2D eigenvalue weighted by atomic mass is 9.94. The predicted molar refractivity (Wildman–Crippen MR) is 91.9 cm³/mol. The molecule has 2 aliphatic heterocycles. The smallest absolute Gasteiger partial charge is 0.320 e. The molecular weight excluding hydrogens is 321 g/mol. The second-order valence-corrected chi connectivity index (χ2v) is 6.59. The van der Waals surface area contributed by atoms with Gasteiger partial charge in [0.2, 0.25) is 0 Å². The molecule has 0 aromatic heterocycles. The summed E-state index contributed by atoms with van der Waals surface area (Å²) in [6, 6.07) is 8.22. The van der Waals surface area contributed by atoms with E-state index in [9.17, 15) is 19.6 Å². The topological polar surface area (TPSA) is 67.6 Å². The number of nitrogens with zero attached hydrogens (tertiary/aromatic N) is 3. The molecule has 3 rings (SSSR count). The lowest BCUT2D eigenvalue weighted by Crippen LogP contribution is -2.49. The summed E-state index contributed by atoms with van der Waals surface area (Å²) in [7, 11) is 0. The third kappa shape index (κ3) is 3.99. The van der Waals surface area contributed by atoms with Crippen molar-refractivity contribution in [3.63, 3.8) is 0 Å². The number of allylic oxidation sites excluding steroid dienone is 1. The number of aliphatic hydroxyl groups is 1. The fraction of sp³-hybridized carbons (Fsp3) is 0.474. The van der Waals surface area contributed by atoms with E-state index in [1.165, 1.54) is 12.1 Å². The van der Waals surface area contributed by atoms with Crippen molar-refractivity contribution < 1.29 is 14.3 Å². The molecular formula is C19H22FN3O2. The van der Waals surface area contributed by atoms with Gasteiger partial charge in [-0.05, 0) is 49.0 Å². The van der Waals surface area contributed by atoms with Gasteiger partial charge in [0.1, 0.15) is 5.82 Å². The second kappa shape index (κ2) is 7.66. The van der Waals surface area contributed by atoms with Gasteiger partial charge in [0.15, 0.2) is 0 Å². The maximum Gasteiger partial charge on any atom is 0.320 e. The highest BCUT2D eigenvalue weighted by atomic mass is 19.1. The first-order valence-corrected chi connectivity index (χ1v) is 8.68. The van der Waals surface area contributed by atoms with Crippen LogP contribution in [0, 0.1) is 17.1 Å². The van der Waals surface area contributed by atoms with E-state index in [-0.39, 0.29) is 18.0 Å². The number of halogens is 1. The Morgan fingerprint density at radius 1 is 1.08 bits per heavy atom. The number of likely N-dealkylation sites (tertiary alicyclic amines) is 2. The summed E-state index contributed by atoms with van der Waals surface area (Å²) in [5.74, 6) is -0.321. The van der Waals surface area contributed by atoms with Crippen LogP contribution in [0.1, 0.15) is 31.2 Å². The van der Waals surface area contributed by atoms with Gasteiger partial charge in [0.05, 0.1) is 17.7 Å². The number of aliphatic hydroxyl groups excluding tert-OH is 1. The number of hydrogen-bond acceptors (Lipinski definition) is 3. The number of urea groups is 1. The minimum atomic E-state index is -0.321. The van der Waals surface area contributed by atoms with Gasteiger partial charge in [0, 0.05) is 26.2 Å². The molecule has 2 fully saturated rings. The number of hydrogen-bond donors (Lipinski definition) is 1. The molecule has 0 radical (unpaired) electrons. The second-order valence-electron chi connectivity index (χ2n) is 6.59. The van der Waals surface area contributed by atoms with E-state index in [2.05, 4.69) is 6.07 Å². The minimum Gasteiger partial charge on any atom is -0.393 e. The number of carbonyl (C=O) groups is 1. The Morgan fingerprint density at radius 2 is 1.64 bits per heavy atom. The molecule has 0 saturated carbocycles. The Kier molecular flexibility index (Phi) is 5.34. The predicted octanol–water partition coefficient (Wildman–Crippen LogP) is 2.78. The van der Waals surface area contributed by atoms with Crippen molar-refractivity contribution in [2.75, 3.05) is 26.2 Å². The van der Waals surface area contributed by atoms with E-state index in [0.717, 1.165) is 11.1 Å². The van der Waals surface area contributed by atoms with Crippen LogP contribution < -0.4 is 0 Å². The van der Waals surface area contributed by atoms with Crippen molar-refractivity contribution in [2.24, 2.45) is 0 Å². The van der Waals surface area contributed by atoms with Crippen LogP contribution >= 0.6 is 0 Å². The Labute approximate surface area is 147 Å². The van der Waals surface area contributed by atoms with Crippen molar-refractivity contribution in [3.05, 3.63) is 41.2 Å². The van der Waals surface area contributed by atoms with Gasteiger partial charge in [-0.1, -0.05) is 12.1 Å². The molecule has 25 heavy (non-hydrogen) atoms. The van der Waals surface area contributed by atoms with Crippen molar-refractivity contribution in [1.29, 1.82) is 5.26 Å². The van der Waals surface area contributed by atoms with Gasteiger partial charge in [-0.15, -0.1) is 0 Å². The van der Waals surface area contributed by atoms with Crippen LogP contribution in [0.5, 0.6) is 0 Å². The van der Waals surface area contributed by atoms with Crippen LogP contribution in [-0.4, -0.2) is 53.2 Å². The SMILES string of the molecule is N#CC(=C1CCN(C(=O)N2CCC(O)CC2)CC1)c1ccc(F)cc1. The van der Waals surface area contributed by atoms with E-state index >= 15 is 0 Å². The van der Waals surface area contributed by atoms with E-state index in [1.54, 1.807) is 17.0 Å². The fourth-order valence-corrected chi connectivity index (χ4v) is 3.44. The molecule has 2 heterocycles. The molecule has 132 valence electrons. The van der Waals surface area contributed by atoms with E-state index in [1.807, 2.05) is 4.90 Å². The minimum absolute atomic E-state index is 0.0197. The van der Waals surface area contributed by atoms with E-state index < -0.39 is 0 Å². The maximum absolute atomic E-state index is 13.1. The lowest BCUT2D eigenvalue weighted by molar-refractivity contribution is 0.0803. The van der Waals surface area contributed by atoms with Gasteiger partial charge in [-0.2, -0.15) is 5.26 Å². The first-order chi connectivity index (χ1) is 12.1. The maximum atomic E-state index is 13.1. The Bertz CT molecular complexity index is 690. The van der Waals surface area contributed by atoms with E-state index in [4.69, 9.17) is 0 Å². The zero-order valence-corrected chi connectivity index (χ0v) is 14.1. The number of nitriles is 1. The molecule has 0 atom stereocenters. The summed E-state index contributed by atoms with van der Waals surface area (Å²) in [5, 5.41) is 19.0. The summed E-state index contributed by atoms with van der Waals surface area (Å²) in [6.45, 7) is 2.36. The third-order valence-electron chi connectivity index (χ3n) is 4.97. The molecule has 0 unspecified atom stereocenters. The van der Waals surface area contributed by atoms with Crippen LogP contribution in [-0.2, 0) is 0 Å². The van der Waals surface area contributed by atoms with Gasteiger partial charge in [-0.3, -0.25) is 0 Å². The molecule has 1 N–H and O–H groups in total. The largest absolute Gasteiger partial charge is 0.393 e. The van der Waals surface area contributed by atoms with Crippen molar-refractivity contribution in [1.82, 2.24) is 9.80 Å². The number of amides is 2. The number of carbonyl (C=O) groups excluding carboxylic acids is 1. The van der Waals surface area contributed by atoms with Crippen molar-refractivity contribution >= 4 is 11.6 Å². The molecule has 2 aliphatic rings. The lowest BCUT2D eigenvalue weighted by Gasteiger charge is -2.36. The zero-order chi connectivity index (χ0) is 17.8. The summed E-state index contributed by atoms with van der Waals surface area (Å²) in [6.07, 6.45) is 2.28. The number of piperidine rings is 2. The van der Waals surface area contributed by atoms with Gasteiger partial charge in [0.25, 0.3) is 0 Å². The molecule has 2 amide bonds. The van der Waals surface area contributed by atoms with Gasteiger partial charge in [-0.25, -0.2) is 9.18 Å². The van der Waals surface area contributed by atoms with Crippen LogP contribution in [0.25, 0.3) is 5.57 Å². The number of benzene rings is 1. The van der Waals surface area contributed by atoms with Crippen molar-refractivity contribution in [2.45, 2.75) is 31.8 Å². The van der Waals surface area contributed by atoms with Gasteiger partial charge >= 0.3 is 6.03 Å². The van der Waals surface area contributed by atoms with Crippen LogP contribution in [0.15, 0.2) is 29.8 Å². The summed E-state index contributed by atoms with van der Waals surface area (Å²) in [5.41, 5.74) is 2.34. The molecule has 6 heteroatoms. The zero-order valence-electron chi connectivity index (χ0n) is 14.1. The highest BCUT2D eigenvalue weighted by Crippen LogP contribution is 2.27. The monoisotopic (exact) mass is 343 g/mol. The normalized spacial score (nSPS) is 18.8. The molecule has 0 aliphatic carbocycles. The van der Waals surface area contributed by atoms with Crippen LogP contribution in [0.2, 0.25) is 0 Å². The Hall–Kier alpha value is -2.39. The average Bonchev–Trinajstić information content (AvgIpc) is 2.64. The number of rotatable bonds is 1. The Balaban J connectivity index is 1.65. The first-order valence-electron chi connectivity index (χ1n) is 8.68. The summed E-state index contributed by atoms with van der Waals surface area (Å²) < 4.78 is 13.1. The first kappa shape index (κ1) is 17.4. The van der Waals surface area contributed by atoms with Crippen LogP contribution in [0.3, 0.4) is 0 Å². The highest BCUT2D eigenvalue weighted by Gasteiger charge is 2.28. The van der Waals surface area contributed by atoms with Crippen molar-refractivity contribution in [3.8, 4) is 6.07 Å². The fourth-order valence-electron chi connectivity index (χ4n) is 3.44. The molecule has 5 nitrogen and oxygen atoms in total. The van der Waals surface area contributed by atoms with E-state index in [0.29, 0.717) is 57.4 Å². The molecule has 0 spiro atoms. The molecule has 2 saturated heterocycles. The quantitative estimate of drug-likeness (QED) is 0.797. The van der Waals surface area contributed by atoms with Crippen LogP contribution in [0.4, 0.5) is 9.18 Å². The third-order valence-corrected chi connectivity index (χ3v) is 4.97. The standard InChI is InChI=1S/C19H22FN3O2/c20-16-3-1-14(2-4-16)18(13-21)15-5-9-22(10-6-15)19(25)23-11-7-17(24)8-12-23/h1-4,17,24H,5-12H2. The molecule has 1 aromatic rings. The average molecular weight is 343 g/mol. The highest BCUT2D eigenvalue weighted by molar-refractivity contribution is 5.80. The molecule has 1 aromatic carbocycles.